The zero-order valence-corrected chi connectivity index (χ0v) is 11.7. The summed E-state index contributed by atoms with van der Waals surface area (Å²) in [6.07, 6.45) is 1.22. The van der Waals surface area contributed by atoms with Crippen molar-refractivity contribution < 1.29 is 4.74 Å². The second kappa shape index (κ2) is 7.86. The van der Waals surface area contributed by atoms with Gasteiger partial charge in [0.05, 0.1) is 13.2 Å². The summed E-state index contributed by atoms with van der Waals surface area (Å²) in [5, 5.41) is 1.03. The van der Waals surface area contributed by atoms with Crippen molar-refractivity contribution in [2.24, 2.45) is 11.8 Å². The average molecular weight is 285 g/mol. The van der Waals surface area contributed by atoms with Gasteiger partial charge in [-0.1, -0.05) is 60.1 Å². The zero-order valence-electron chi connectivity index (χ0n) is 10.2. The Bertz CT molecular complexity index is 271. The van der Waals surface area contributed by atoms with Crippen LogP contribution in [0.4, 0.5) is 0 Å². The van der Waals surface area contributed by atoms with Crippen LogP contribution >= 0.6 is 15.9 Å². The first kappa shape index (κ1) is 13.7. The fourth-order valence-corrected chi connectivity index (χ4v) is 2.21. The molecule has 1 unspecified atom stereocenters. The molecule has 0 saturated carbocycles. The maximum absolute atomic E-state index is 5.74. The Morgan fingerprint density at radius 3 is 2.44 bits per heavy atom. The van der Waals surface area contributed by atoms with Gasteiger partial charge in [-0.15, -0.1) is 0 Å². The predicted molar refractivity (Wildman–Crippen MR) is 72.8 cm³/mol. The highest BCUT2D eigenvalue weighted by atomic mass is 79.9. The summed E-state index contributed by atoms with van der Waals surface area (Å²) < 4.78 is 5.74. The van der Waals surface area contributed by atoms with Crippen LogP contribution in [-0.2, 0) is 11.3 Å². The molecule has 1 aromatic carbocycles. The molecule has 1 atom stereocenters. The highest BCUT2D eigenvalue weighted by Crippen LogP contribution is 2.15. The largest absolute Gasteiger partial charge is 0.376 e. The molecule has 2 heteroatoms. The maximum Gasteiger partial charge on any atom is 0.0717 e. The molecule has 1 aromatic rings. The molecule has 1 nitrogen and oxygen atoms in total. The third kappa shape index (κ3) is 5.66. The van der Waals surface area contributed by atoms with E-state index in [9.17, 15) is 0 Å². The molecule has 90 valence electrons. The Kier molecular flexibility index (Phi) is 6.74. The van der Waals surface area contributed by atoms with Crippen molar-refractivity contribution in [1.82, 2.24) is 0 Å². The van der Waals surface area contributed by atoms with Gasteiger partial charge in [-0.3, -0.25) is 0 Å². The predicted octanol–water partition coefficient (Wildman–Crippen LogP) is 4.26. The fraction of sp³-hybridized carbons (Fsp3) is 0.571. The number of rotatable bonds is 7. The Balaban J connectivity index is 2.23. The monoisotopic (exact) mass is 284 g/mol. The normalized spacial score (nSPS) is 13.0. The Morgan fingerprint density at radius 2 is 1.88 bits per heavy atom. The third-order valence-electron chi connectivity index (χ3n) is 2.49. The Morgan fingerprint density at radius 1 is 1.19 bits per heavy atom. The highest BCUT2D eigenvalue weighted by molar-refractivity contribution is 9.09. The van der Waals surface area contributed by atoms with Crippen LogP contribution in [0.25, 0.3) is 0 Å². The lowest BCUT2D eigenvalue weighted by molar-refractivity contribution is 0.0874. The van der Waals surface area contributed by atoms with E-state index in [4.69, 9.17) is 4.74 Å². The lowest BCUT2D eigenvalue weighted by atomic mass is 10.00. The second-order valence-electron chi connectivity index (χ2n) is 4.65. The van der Waals surface area contributed by atoms with Gasteiger partial charge in [0.1, 0.15) is 0 Å². The molecular formula is C14H21BrO. The highest BCUT2D eigenvalue weighted by Gasteiger charge is 2.09. The summed E-state index contributed by atoms with van der Waals surface area (Å²) in [5.74, 6) is 1.37. The van der Waals surface area contributed by atoms with Crippen LogP contribution in [0.1, 0.15) is 25.8 Å². The lowest BCUT2D eigenvalue weighted by Gasteiger charge is -2.16. The van der Waals surface area contributed by atoms with Crippen molar-refractivity contribution in [3.63, 3.8) is 0 Å². The second-order valence-corrected chi connectivity index (χ2v) is 5.30. The van der Waals surface area contributed by atoms with Crippen molar-refractivity contribution in [2.75, 3.05) is 11.9 Å². The van der Waals surface area contributed by atoms with E-state index in [-0.39, 0.29) is 0 Å². The first-order valence-electron chi connectivity index (χ1n) is 5.90. The Hall–Kier alpha value is -0.340. The van der Waals surface area contributed by atoms with E-state index >= 15 is 0 Å². The number of halogens is 1. The molecule has 0 radical (unpaired) electrons. The molecule has 0 amide bonds. The van der Waals surface area contributed by atoms with Gasteiger partial charge >= 0.3 is 0 Å². The van der Waals surface area contributed by atoms with Crippen molar-refractivity contribution in [2.45, 2.75) is 26.9 Å². The summed E-state index contributed by atoms with van der Waals surface area (Å²) in [4.78, 5) is 0. The summed E-state index contributed by atoms with van der Waals surface area (Å²) in [6, 6.07) is 10.3. The number of benzene rings is 1. The van der Waals surface area contributed by atoms with E-state index in [0.29, 0.717) is 5.92 Å². The van der Waals surface area contributed by atoms with Gasteiger partial charge in [0.2, 0.25) is 0 Å². The van der Waals surface area contributed by atoms with Gasteiger partial charge in [-0.2, -0.15) is 0 Å². The lowest BCUT2D eigenvalue weighted by Crippen LogP contribution is -2.13. The third-order valence-corrected chi connectivity index (χ3v) is 3.40. The van der Waals surface area contributed by atoms with E-state index in [2.05, 4.69) is 54.0 Å². The van der Waals surface area contributed by atoms with E-state index in [1.807, 2.05) is 6.07 Å². The van der Waals surface area contributed by atoms with Gasteiger partial charge in [-0.05, 0) is 23.8 Å². The van der Waals surface area contributed by atoms with E-state index in [1.165, 1.54) is 12.0 Å². The van der Waals surface area contributed by atoms with E-state index < -0.39 is 0 Å². The first-order valence-corrected chi connectivity index (χ1v) is 7.02. The molecule has 16 heavy (non-hydrogen) atoms. The molecule has 0 aliphatic heterocycles. The summed E-state index contributed by atoms with van der Waals surface area (Å²) in [5.41, 5.74) is 1.25. The minimum absolute atomic E-state index is 0.628. The molecule has 0 heterocycles. The van der Waals surface area contributed by atoms with Crippen LogP contribution < -0.4 is 0 Å². The number of hydrogen-bond acceptors (Lipinski definition) is 1. The molecule has 0 aliphatic rings. The fourth-order valence-electron chi connectivity index (χ4n) is 1.76. The van der Waals surface area contributed by atoms with Gasteiger partial charge in [-0.25, -0.2) is 0 Å². The molecule has 0 saturated heterocycles. The molecular weight excluding hydrogens is 264 g/mol. The van der Waals surface area contributed by atoms with E-state index in [0.717, 1.165) is 24.5 Å². The average Bonchev–Trinajstić information content (AvgIpc) is 2.28. The number of alkyl halides is 1. The minimum Gasteiger partial charge on any atom is -0.376 e. The van der Waals surface area contributed by atoms with Gasteiger partial charge in [0.25, 0.3) is 0 Å². The molecule has 0 N–H and O–H groups in total. The zero-order chi connectivity index (χ0) is 11.8. The molecule has 1 rings (SSSR count). The standard InChI is InChI=1S/C14H21BrO/c1-12(2)8-14(9-15)11-16-10-13-6-4-3-5-7-13/h3-7,12,14H,8-11H2,1-2H3. The van der Waals surface area contributed by atoms with E-state index in [1.54, 1.807) is 0 Å². The van der Waals surface area contributed by atoms with Crippen LogP contribution in [0.2, 0.25) is 0 Å². The molecule has 0 bridgehead atoms. The summed E-state index contributed by atoms with van der Waals surface area (Å²) in [6.45, 7) is 6.08. The SMILES string of the molecule is CC(C)CC(CBr)COCc1ccccc1. The first-order chi connectivity index (χ1) is 7.72. The quantitative estimate of drug-likeness (QED) is 0.680. The van der Waals surface area contributed by atoms with Crippen LogP contribution in [-0.4, -0.2) is 11.9 Å². The number of ether oxygens (including phenoxy) is 1. The van der Waals surface area contributed by atoms with Gasteiger partial charge < -0.3 is 4.74 Å². The molecule has 0 aromatic heterocycles. The summed E-state index contributed by atoms with van der Waals surface area (Å²) >= 11 is 3.55. The van der Waals surface area contributed by atoms with Crippen molar-refractivity contribution in [3.05, 3.63) is 35.9 Å². The molecule has 0 aliphatic carbocycles. The van der Waals surface area contributed by atoms with Crippen LogP contribution in [0.15, 0.2) is 30.3 Å². The Labute approximate surface area is 107 Å². The van der Waals surface area contributed by atoms with Gasteiger partial charge in [0, 0.05) is 5.33 Å². The maximum atomic E-state index is 5.74. The van der Waals surface area contributed by atoms with Gasteiger partial charge in [0.15, 0.2) is 0 Å². The minimum atomic E-state index is 0.628. The summed E-state index contributed by atoms with van der Waals surface area (Å²) in [7, 11) is 0. The topological polar surface area (TPSA) is 9.23 Å². The van der Waals surface area contributed by atoms with Crippen molar-refractivity contribution >= 4 is 15.9 Å². The number of hydrogen-bond donors (Lipinski definition) is 0. The van der Waals surface area contributed by atoms with Crippen molar-refractivity contribution in [1.29, 1.82) is 0 Å². The molecule has 0 spiro atoms. The van der Waals surface area contributed by atoms with Crippen LogP contribution in [0, 0.1) is 11.8 Å². The van der Waals surface area contributed by atoms with Crippen LogP contribution in [0.5, 0.6) is 0 Å². The molecule has 0 fully saturated rings. The van der Waals surface area contributed by atoms with Crippen molar-refractivity contribution in [3.8, 4) is 0 Å². The van der Waals surface area contributed by atoms with Crippen LogP contribution in [0.3, 0.4) is 0 Å². The smallest absolute Gasteiger partial charge is 0.0717 e.